The topological polar surface area (TPSA) is 105 Å². The van der Waals surface area contributed by atoms with Crippen LogP contribution in [0.1, 0.15) is 26.3 Å². The van der Waals surface area contributed by atoms with E-state index in [1.54, 1.807) is 20.8 Å². The van der Waals surface area contributed by atoms with Gasteiger partial charge in [0.2, 0.25) is 5.95 Å². The number of ether oxygens (including phenoxy) is 1. The summed E-state index contributed by atoms with van der Waals surface area (Å²) in [5, 5.41) is 12.3. The van der Waals surface area contributed by atoms with Gasteiger partial charge in [-0.2, -0.15) is 4.39 Å². The standard InChI is InChI=1S/C17H19BrClFN4O4S/c1-17(2,3)28-15(25)23-10(4-9-5-11(19)13(20)21-6-9)8-24(16(26)27)14-22-7-12(18)29-14/h5-7,10H,4,8H2,1-3H3,(H,23,25)(H,26,27)/t10-/m0/s1. The van der Waals surface area contributed by atoms with Gasteiger partial charge in [-0.05, 0) is 54.8 Å². The number of anilines is 1. The van der Waals surface area contributed by atoms with Crippen molar-refractivity contribution < 1.29 is 23.8 Å². The summed E-state index contributed by atoms with van der Waals surface area (Å²) in [6.45, 7) is 5.01. The van der Waals surface area contributed by atoms with Gasteiger partial charge in [-0.3, -0.25) is 4.90 Å². The van der Waals surface area contributed by atoms with Gasteiger partial charge in [0, 0.05) is 6.20 Å². The molecule has 29 heavy (non-hydrogen) atoms. The average molecular weight is 510 g/mol. The highest BCUT2D eigenvalue weighted by atomic mass is 79.9. The van der Waals surface area contributed by atoms with E-state index in [1.807, 2.05) is 0 Å². The van der Waals surface area contributed by atoms with Crippen molar-refractivity contribution in [1.29, 1.82) is 0 Å². The second-order valence-electron chi connectivity index (χ2n) is 7.00. The zero-order valence-corrected chi connectivity index (χ0v) is 18.9. The van der Waals surface area contributed by atoms with Gasteiger partial charge in [0.15, 0.2) is 5.13 Å². The van der Waals surface area contributed by atoms with Crippen molar-refractivity contribution >= 4 is 56.2 Å². The van der Waals surface area contributed by atoms with Crippen molar-refractivity contribution in [2.75, 3.05) is 11.4 Å². The maximum atomic E-state index is 13.3. The number of hydrogen-bond donors (Lipinski definition) is 2. The van der Waals surface area contributed by atoms with Crippen molar-refractivity contribution in [3.63, 3.8) is 0 Å². The molecule has 2 aromatic heterocycles. The number of alkyl carbamates (subject to hydrolysis) is 1. The molecule has 0 aliphatic carbocycles. The first kappa shape index (κ1) is 23.3. The van der Waals surface area contributed by atoms with E-state index in [-0.39, 0.29) is 23.1 Å². The number of amides is 2. The van der Waals surface area contributed by atoms with Crippen LogP contribution in [0.3, 0.4) is 0 Å². The Balaban J connectivity index is 2.25. The van der Waals surface area contributed by atoms with Crippen LogP contribution in [0.2, 0.25) is 5.02 Å². The van der Waals surface area contributed by atoms with Gasteiger partial charge in [0.1, 0.15) is 5.60 Å². The van der Waals surface area contributed by atoms with E-state index in [9.17, 15) is 19.1 Å². The molecule has 0 fully saturated rings. The molecule has 2 rings (SSSR count). The van der Waals surface area contributed by atoms with Gasteiger partial charge < -0.3 is 15.2 Å². The van der Waals surface area contributed by atoms with Crippen molar-refractivity contribution in [2.24, 2.45) is 0 Å². The number of aromatic nitrogens is 2. The lowest BCUT2D eigenvalue weighted by atomic mass is 10.1. The maximum absolute atomic E-state index is 13.3. The van der Waals surface area contributed by atoms with Crippen molar-refractivity contribution in [2.45, 2.75) is 38.8 Å². The molecule has 2 amide bonds. The van der Waals surface area contributed by atoms with Gasteiger partial charge in [-0.1, -0.05) is 22.9 Å². The van der Waals surface area contributed by atoms with E-state index in [1.165, 1.54) is 18.5 Å². The van der Waals surface area contributed by atoms with Crippen LogP contribution in [0.5, 0.6) is 0 Å². The monoisotopic (exact) mass is 508 g/mol. The molecule has 0 aliphatic rings. The summed E-state index contributed by atoms with van der Waals surface area (Å²) in [7, 11) is 0. The molecule has 12 heteroatoms. The fraction of sp³-hybridized carbons (Fsp3) is 0.412. The third-order valence-electron chi connectivity index (χ3n) is 3.39. The minimum Gasteiger partial charge on any atom is -0.465 e. The smallest absolute Gasteiger partial charge is 0.413 e. The highest BCUT2D eigenvalue weighted by molar-refractivity contribution is 9.11. The molecule has 0 spiro atoms. The summed E-state index contributed by atoms with van der Waals surface area (Å²) in [6, 6.07) is 0.658. The molecule has 2 aromatic rings. The van der Waals surface area contributed by atoms with Crippen LogP contribution >= 0.6 is 38.9 Å². The second kappa shape index (κ2) is 9.68. The molecule has 0 aliphatic heterocycles. The number of nitrogens with one attached hydrogen (secondary N) is 1. The van der Waals surface area contributed by atoms with Crippen LogP contribution < -0.4 is 10.2 Å². The van der Waals surface area contributed by atoms with Crippen molar-refractivity contribution in [3.8, 4) is 0 Å². The molecule has 2 N–H and O–H groups in total. The predicted molar refractivity (Wildman–Crippen MR) is 111 cm³/mol. The number of carboxylic acid groups (broad SMARTS) is 1. The van der Waals surface area contributed by atoms with Crippen LogP contribution in [-0.2, 0) is 11.2 Å². The minimum atomic E-state index is -1.24. The number of rotatable bonds is 6. The van der Waals surface area contributed by atoms with Crippen LogP contribution in [-0.4, -0.2) is 45.4 Å². The molecule has 0 unspecified atom stereocenters. The third kappa shape index (κ3) is 7.41. The van der Waals surface area contributed by atoms with Crippen LogP contribution in [0.15, 0.2) is 22.2 Å². The summed E-state index contributed by atoms with van der Waals surface area (Å²) in [5.74, 6) is -0.813. The quantitative estimate of drug-likeness (QED) is 0.546. The highest BCUT2D eigenvalue weighted by Gasteiger charge is 2.26. The molecular formula is C17H19BrClFN4O4S. The Morgan fingerprint density at radius 2 is 2.10 bits per heavy atom. The zero-order chi connectivity index (χ0) is 21.8. The number of nitrogens with zero attached hydrogens (tertiary/aromatic N) is 3. The summed E-state index contributed by atoms with van der Waals surface area (Å²) in [6.07, 6.45) is 0.946. The zero-order valence-electron chi connectivity index (χ0n) is 15.8. The number of hydrogen-bond acceptors (Lipinski definition) is 6. The molecule has 158 valence electrons. The molecule has 8 nitrogen and oxygen atoms in total. The first-order valence-corrected chi connectivity index (χ1v) is 10.3. The lowest BCUT2D eigenvalue weighted by Crippen LogP contribution is -2.48. The van der Waals surface area contributed by atoms with Crippen LogP contribution in [0, 0.1) is 5.95 Å². The van der Waals surface area contributed by atoms with Gasteiger partial charge in [0.25, 0.3) is 0 Å². The van der Waals surface area contributed by atoms with E-state index >= 15 is 0 Å². The molecule has 0 saturated carbocycles. The molecule has 0 radical (unpaired) electrons. The van der Waals surface area contributed by atoms with E-state index in [0.717, 1.165) is 16.2 Å². The van der Waals surface area contributed by atoms with Gasteiger partial charge >= 0.3 is 12.2 Å². The molecule has 0 saturated heterocycles. The number of carbonyl (C=O) groups excluding carboxylic acids is 1. The SMILES string of the molecule is CC(C)(C)OC(=O)N[C@@H](Cc1cnc(F)c(Cl)c1)CN(C(=O)O)c1ncc(Br)s1. The first-order valence-electron chi connectivity index (χ1n) is 8.36. The third-order valence-corrected chi connectivity index (χ3v) is 5.15. The molecule has 2 heterocycles. The number of thiazole rings is 1. The second-order valence-corrected chi connectivity index (χ2v) is 9.80. The van der Waals surface area contributed by atoms with E-state index < -0.39 is 29.8 Å². The highest BCUT2D eigenvalue weighted by Crippen LogP contribution is 2.27. The van der Waals surface area contributed by atoms with Crippen molar-refractivity contribution in [3.05, 3.63) is 38.8 Å². The Labute approximate surface area is 184 Å². The molecule has 0 aromatic carbocycles. The first-order chi connectivity index (χ1) is 13.4. The largest absolute Gasteiger partial charge is 0.465 e. The fourth-order valence-electron chi connectivity index (χ4n) is 2.32. The van der Waals surface area contributed by atoms with E-state index in [4.69, 9.17) is 16.3 Å². The summed E-state index contributed by atoms with van der Waals surface area (Å²) < 4.78 is 19.3. The normalized spacial score (nSPS) is 12.3. The van der Waals surface area contributed by atoms with Crippen LogP contribution in [0.4, 0.5) is 19.1 Å². The Morgan fingerprint density at radius 1 is 1.41 bits per heavy atom. The van der Waals surface area contributed by atoms with E-state index in [2.05, 4.69) is 31.2 Å². The Kier molecular flexibility index (Phi) is 7.78. The lowest BCUT2D eigenvalue weighted by molar-refractivity contribution is 0.0505. The van der Waals surface area contributed by atoms with Gasteiger partial charge in [0.05, 0.1) is 27.6 Å². The fourth-order valence-corrected chi connectivity index (χ4v) is 3.70. The van der Waals surface area contributed by atoms with Crippen molar-refractivity contribution in [1.82, 2.24) is 15.3 Å². The Bertz CT molecular complexity index is 893. The van der Waals surface area contributed by atoms with Gasteiger partial charge in [-0.15, -0.1) is 0 Å². The van der Waals surface area contributed by atoms with Crippen LogP contribution in [0.25, 0.3) is 0 Å². The Hall–Kier alpha value is -1.98. The number of halogens is 3. The number of pyridine rings is 1. The summed E-state index contributed by atoms with van der Waals surface area (Å²) >= 11 is 10.2. The minimum absolute atomic E-state index is 0.122. The van der Waals surface area contributed by atoms with E-state index in [0.29, 0.717) is 9.35 Å². The number of carbonyl (C=O) groups is 2. The summed E-state index contributed by atoms with van der Waals surface area (Å²) in [4.78, 5) is 32.6. The maximum Gasteiger partial charge on any atom is 0.413 e. The Morgan fingerprint density at radius 3 is 2.62 bits per heavy atom. The molecular weight excluding hydrogens is 491 g/mol. The lowest BCUT2D eigenvalue weighted by Gasteiger charge is -2.26. The van der Waals surface area contributed by atoms with Gasteiger partial charge in [-0.25, -0.2) is 19.6 Å². The molecule has 1 atom stereocenters. The average Bonchev–Trinajstić information content (AvgIpc) is 2.99. The molecule has 0 bridgehead atoms. The predicted octanol–water partition coefficient (Wildman–Crippen LogP) is 4.71. The summed E-state index contributed by atoms with van der Waals surface area (Å²) in [5.41, 5.74) is -0.217.